The molecule has 5 nitrogen and oxygen atoms in total. The molecule has 0 aliphatic carbocycles. The van der Waals surface area contributed by atoms with E-state index in [0.29, 0.717) is 34.2 Å². The lowest BCUT2D eigenvalue weighted by molar-refractivity contribution is 0.0602. The van der Waals surface area contributed by atoms with Gasteiger partial charge in [0, 0.05) is 29.2 Å². The van der Waals surface area contributed by atoms with Crippen LogP contribution in [0, 0.1) is 6.92 Å². The van der Waals surface area contributed by atoms with Gasteiger partial charge in [0.25, 0.3) is 0 Å². The van der Waals surface area contributed by atoms with Crippen molar-refractivity contribution in [2.45, 2.75) is 25.6 Å². The number of aliphatic hydroxyl groups excluding tert-OH is 1. The van der Waals surface area contributed by atoms with Crippen molar-refractivity contribution in [3.63, 3.8) is 0 Å². The topological polar surface area (TPSA) is 73.1 Å². The van der Waals surface area contributed by atoms with Crippen LogP contribution in [0.4, 0.5) is 11.4 Å². The second kappa shape index (κ2) is 5.66. The SMILES string of the molecule is Cc1ccc2c(c1)C(=O)C1(O)CCN(c3ccc(CO)c(Cl)c3)C1=N2. The minimum atomic E-state index is -1.61. The van der Waals surface area contributed by atoms with Crippen LogP contribution in [0.2, 0.25) is 5.02 Å². The maximum Gasteiger partial charge on any atom is 0.204 e. The maximum absolute atomic E-state index is 12.9. The van der Waals surface area contributed by atoms with Crippen LogP contribution in [0.5, 0.6) is 0 Å². The van der Waals surface area contributed by atoms with Crippen molar-refractivity contribution >= 4 is 34.6 Å². The summed E-state index contributed by atoms with van der Waals surface area (Å²) < 4.78 is 0. The first kappa shape index (κ1) is 16.3. The lowest BCUT2D eigenvalue weighted by Crippen LogP contribution is -2.48. The monoisotopic (exact) mass is 356 g/mol. The Morgan fingerprint density at radius 3 is 2.80 bits per heavy atom. The number of ketones is 1. The van der Waals surface area contributed by atoms with Crippen LogP contribution in [0.1, 0.15) is 27.9 Å². The average Bonchev–Trinajstić information content (AvgIpc) is 2.94. The number of rotatable bonds is 2. The Balaban J connectivity index is 1.82. The lowest BCUT2D eigenvalue weighted by atomic mass is 9.87. The van der Waals surface area contributed by atoms with Gasteiger partial charge >= 0.3 is 0 Å². The third kappa shape index (κ3) is 2.39. The van der Waals surface area contributed by atoms with Gasteiger partial charge in [-0.2, -0.15) is 0 Å². The van der Waals surface area contributed by atoms with Crippen molar-refractivity contribution in [3.05, 3.63) is 58.1 Å². The number of Topliss-reactive ketones (excluding diaryl/α,β-unsaturated/α-hetero) is 1. The maximum atomic E-state index is 12.9. The summed E-state index contributed by atoms with van der Waals surface area (Å²) in [5, 5.41) is 20.7. The Hall–Kier alpha value is -2.21. The molecular formula is C19H17ClN2O3. The van der Waals surface area contributed by atoms with Gasteiger partial charge in [0.2, 0.25) is 5.78 Å². The number of halogens is 1. The Kier molecular flexibility index (Phi) is 3.68. The van der Waals surface area contributed by atoms with Gasteiger partial charge in [-0.1, -0.05) is 29.3 Å². The van der Waals surface area contributed by atoms with Gasteiger partial charge in [-0.25, -0.2) is 4.99 Å². The van der Waals surface area contributed by atoms with Crippen LogP contribution >= 0.6 is 11.6 Å². The summed E-state index contributed by atoms with van der Waals surface area (Å²) in [7, 11) is 0. The Labute approximate surface area is 150 Å². The van der Waals surface area contributed by atoms with E-state index in [9.17, 15) is 15.0 Å². The third-order valence-electron chi connectivity index (χ3n) is 4.84. The van der Waals surface area contributed by atoms with Gasteiger partial charge in [-0.05, 0) is 36.8 Å². The Morgan fingerprint density at radius 1 is 1.28 bits per heavy atom. The summed E-state index contributed by atoms with van der Waals surface area (Å²) in [6, 6.07) is 10.7. The van der Waals surface area contributed by atoms with Crippen LogP contribution in [0.25, 0.3) is 0 Å². The van der Waals surface area contributed by atoms with Crippen LogP contribution in [-0.2, 0) is 6.61 Å². The van der Waals surface area contributed by atoms with Gasteiger partial charge < -0.3 is 15.1 Å². The number of amidine groups is 1. The molecule has 2 aromatic rings. The van der Waals surface area contributed by atoms with Crippen molar-refractivity contribution in [3.8, 4) is 0 Å². The van der Waals surface area contributed by atoms with Crippen LogP contribution in [-0.4, -0.2) is 34.0 Å². The van der Waals surface area contributed by atoms with Crippen molar-refractivity contribution in [2.24, 2.45) is 4.99 Å². The molecule has 128 valence electrons. The first-order valence-electron chi connectivity index (χ1n) is 8.08. The van der Waals surface area contributed by atoms with Gasteiger partial charge in [-0.15, -0.1) is 0 Å². The molecule has 0 saturated carbocycles. The molecule has 1 unspecified atom stereocenters. The van der Waals surface area contributed by atoms with Crippen LogP contribution in [0.3, 0.4) is 0 Å². The average molecular weight is 357 g/mol. The lowest BCUT2D eigenvalue weighted by Gasteiger charge is -2.30. The molecule has 0 amide bonds. The molecule has 0 radical (unpaired) electrons. The Morgan fingerprint density at radius 2 is 2.08 bits per heavy atom. The standard InChI is InChI=1S/C19H17ClN2O3/c1-11-2-5-16-14(8-11)17(24)19(25)6-7-22(18(19)21-16)13-4-3-12(10-23)15(20)9-13/h2-5,8-9,23,25H,6-7,10H2,1H3. The fourth-order valence-electron chi connectivity index (χ4n) is 3.43. The zero-order valence-electron chi connectivity index (χ0n) is 13.7. The molecular weight excluding hydrogens is 340 g/mol. The van der Waals surface area contributed by atoms with Gasteiger partial charge in [-0.3, -0.25) is 4.79 Å². The van der Waals surface area contributed by atoms with E-state index in [1.54, 1.807) is 30.3 Å². The second-order valence-corrected chi connectivity index (χ2v) is 6.89. The minimum absolute atomic E-state index is 0.144. The smallest absolute Gasteiger partial charge is 0.204 e. The highest BCUT2D eigenvalue weighted by Crippen LogP contribution is 2.40. The zero-order chi connectivity index (χ0) is 17.8. The van der Waals surface area contributed by atoms with Gasteiger partial charge in [0.1, 0.15) is 5.84 Å². The summed E-state index contributed by atoms with van der Waals surface area (Å²) in [5.41, 5.74) is 1.74. The fraction of sp³-hybridized carbons (Fsp3) is 0.263. The summed E-state index contributed by atoms with van der Waals surface area (Å²) >= 11 is 6.19. The molecule has 2 aliphatic heterocycles. The number of benzene rings is 2. The number of nitrogens with zero attached hydrogens (tertiary/aromatic N) is 2. The molecule has 1 atom stereocenters. The molecule has 1 fully saturated rings. The largest absolute Gasteiger partial charge is 0.392 e. The molecule has 2 aliphatic rings. The summed E-state index contributed by atoms with van der Waals surface area (Å²) in [4.78, 5) is 19.3. The number of aliphatic imine (C=N–C) groups is 1. The van der Waals surface area contributed by atoms with Crippen molar-refractivity contribution in [2.75, 3.05) is 11.4 Å². The molecule has 25 heavy (non-hydrogen) atoms. The first-order valence-corrected chi connectivity index (χ1v) is 8.45. The van der Waals surface area contributed by atoms with E-state index in [1.165, 1.54) is 0 Å². The van der Waals surface area contributed by atoms with Crippen molar-refractivity contribution < 1.29 is 15.0 Å². The first-order chi connectivity index (χ1) is 11.9. The van der Waals surface area contributed by atoms with E-state index in [4.69, 9.17) is 11.6 Å². The van der Waals surface area contributed by atoms with E-state index in [-0.39, 0.29) is 18.8 Å². The molecule has 0 bridgehead atoms. The minimum Gasteiger partial charge on any atom is -0.392 e. The van der Waals surface area contributed by atoms with Gasteiger partial charge in [0.15, 0.2) is 5.60 Å². The molecule has 6 heteroatoms. The van der Waals surface area contributed by atoms with Crippen LogP contribution < -0.4 is 4.90 Å². The predicted molar refractivity (Wildman–Crippen MR) is 96.9 cm³/mol. The number of aryl methyl sites for hydroxylation is 1. The highest BCUT2D eigenvalue weighted by Gasteiger charge is 2.52. The predicted octanol–water partition coefficient (Wildman–Crippen LogP) is 3.01. The molecule has 0 aromatic heterocycles. The number of aliphatic hydroxyl groups is 2. The summed E-state index contributed by atoms with van der Waals surface area (Å²) in [6.07, 6.45) is 0.275. The van der Waals surface area contributed by atoms with Crippen molar-refractivity contribution in [1.29, 1.82) is 0 Å². The number of hydrogen-bond acceptors (Lipinski definition) is 5. The molecule has 2 N–H and O–H groups in total. The highest BCUT2D eigenvalue weighted by atomic mass is 35.5. The van der Waals surface area contributed by atoms with E-state index < -0.39 is 5.60 Å². The molecule has 0 spiro atoms. The van der Waals surface area contributed by atoms with Crippen molar-refractivity contribution in [1.82, 2.24) is 0 Å². The Bertz CT molecular complexity index is 925. The number of anilines is 1. The van der Waals surface area contributed by atoms with E-state index >= 15 is 0 Å². The molecule has 1 saturated heterocycles. The van der Waals surface area contributed by atoms with E-state index in [0.717, 1.165) is 11.3 Å². The van der Waals surface area contributed by atoms with Crippen LogP contribution in [0.15, 0.2) is 41.4 Å². The molecule has 2 aromatic carbocycles. The highest BCUT2D eigenvalue weighted by molar-refractivity contribution is 6.32. The third-order valence-corrected chi connectivity index (χ3v) is 5.19. The second-order valence-electron chi connectivity index (χ2n) is 6.48. The normalized spacial score (nSPS) is 21.8. The number of hydrogen-bond donors (Lipinski definition) is 2. The quantitative estimate of drug-likeness (QED) is 0.867. The van der Waals surface area contributed by atoms with E-state index in [1.807, 2.05) is 17.9 Å². The number of carbonyl (C=O) groups excluding carboxylic acids is 1. The van der Waals surface area contributed by atoms with E-state index in [2.05, 4.69) is 4.99 Å². The molecule has 2 heterocycles. The molecule has 4 rings (SSSR count). The summed E-state index contributed by atoms with van der Waals surface area (Å²) in [5.74, 6) is 0.0263. The zero-order valence-corrected chi connectivity index (χ0v) is 14.4. The fourth-order valence-corrected chi connectivity index (χ4v) is 3.67. The number of carbonyl (C=O) groups is 1. The number of fused-ring (bicyclic) bond motifs is 2. The summed E-state index contributed by atoms with van der Waals surface area (Å²) in [6.45, 7) is 2.22. The van der Waals surface area contributed by atoms with Gasteiger partial charge in [0.05, 0.1) is 12.3 Å².